The van der Waals surface area contributed by atoms with Crippen LogP contribution in [0.2, 0.25) is 0 Å². The molecule has 3 nitrogen and oxygen atoms in total. The summed E-state index contributed by atoms with van der Waals surface area (Å²) >= 11 is 0. The van der Waals surface area contributed by atoms with Gasteiger partial charge in [0.2, 0.25) is 0 Å². The molecule has 1 heterocycles. The Labute approximate surface area is 59.8 Å². The van der Waals surface area contributed by atoms with Gasteiger partial charge in [0.15, 0.2) is 0 Å². The van der Waals surface area contributed by atoms with Gasteiger partial charge in [0.1, 0.15) is 0 Å². The van der Waals surface area contributed by atoms with Gasteiger partial charge < -0.3 is 0 Å². The maximum Gasteiger partial charge on any atom is 0.0989 e. The van der Waals surface area contributed by atoms with Crippen molar-refractivity contribution in [2.75, 3.05) is 13.7 Å². The summed E-state index contributed by atoms with van der Waals surface area (Å²) in [5.74, 6) is 0. The zero-order chi connectivity index (χ0) is 7.40. The molecule has 0 fully saturated rings. The average molecular weight is 136 g/mol. The molecule has 0 bridgehead atoms. The first-order valence-electron chi connectivity index (χ1n) is 2.96. The second-order valence-corrected chi connectivity index (χ2v) is 1.87. The van der Waals surface area contributed by atoms with Crippen LogP contribution < -0.4 is 0 Å². The van der Waals surface area contributed by atoms with E-state index in [4.69, 9.17) is 10.1 Å². The summed E-state index contributed by atoms with van der Waals surface area (Å²) in [4.78, 5) is 4.88. The van der Waals surface area contributed by atoms with Gasteiger partial charge in [-0.25, -0.2) is 0 Å². The molecular formula is C7H8N2O. The minimum absolute atomic E-state index is 0.649. The molecule has 10 heavy (non-hydrogen) atoms. The molecule has 0 atom stereocenters. The SMILES string of the molecule is CON1C=CC(C#N)=CC1. The lowest BCUT2D eigenvalue weighted by Crippen LogP contribution is -2.17. The molecule has 52 valence electrons. The summed E-state index contributed by atoms with van der Waals surface area (Å²) in [6.45, 7) is 0.649. The van der Waals surface area contributed by atoms with Gasteiger partial charge in [0.05, 0.1) is 25.3 Å². The highest BCUT2D eigenvalue weighted by molar-refractivity contribution is 5.34. The van der Waals surface area contributed by atoms with E-state index in [1.54, 1.807) is 24.4 Å². The normalized spacial score (nSPS) is 16.4. The predicted octanol–water partition coefficient (Wildman–Crippen LogP) is 0.827. The molecule has 0 radical (unpaired) electrons. The lowest BCUT2D eigenvalue weighted by atomic mass is 10.2. The molecule has 0 saturated heterocycles. The van der Waals surface area contributed by atoms with E-state index in [1.807, 2.05) is 12.1 Å². The molecule has 0 N–H and O–H groups in total. The van der Waals surface area contributed by atoms with E-state index in [0.29, 0.717) is 12.1 Å². The van der Waals surface area contributed by atoms with Crippen LogP contribution in [-0.4, -0.2) is 18.7 Å². The fraction of sp³-hybridized carbons (Fsp3) is 0.286. The Bertz CT molecular complexity index is 212. The average Bonchev–Trinajstić information content (AvgIpc) is 2.05. The third-order valence-electron chi connectivity index (χ3n) is 1.28. The van der Waals surface area contributed by atoms with Crippen LogP contribution in [0.5, 0.6) is 0 Å². The highest BCUT2D eigenvalue weighted by atomic mass is 16.7. The van der Waals surface area contributed by atoms with Gasteiger partial charge in [-0.2, -0.15) is 5.26 Å². The van der Waals surface area contributed by atoms with Gasteiger partial charge in [-0.3, -0.25) is 9.90 Å². The Morgan fingerprint density at radius 3 is 3.00 bits per heavy atom. The molecule has 0 aromatic heterocycles. The maximum atomic E-state index is 8.42. The Morgan fingerprint density at radius 2 is 2.60 bits per heavy atom. The summed E-state index contributed by atoms with van der Waals surface area (Å²) in [7, 11) is 1.59. The second-order valence-electron chi connectivity index (χ2n) is 1.87. The monoisotopic (exact) mass is 136 g/mol. The molecule has 0 aliphatic carbocycles. The summed E-state index contributed by atoms with van der Waals surface area (Å²) in [5, 5.41) is 10.1. The Kier molecular flexibility index (Phi) is 2.08. The fourth-order valence-electron chi connectivity index (χ4n) is 0.699. The lowest BCUT2D eigenvalue weighted by molar-refractivity contribution is -0.0792. The summed E-state index contributed by atoms with van der Waals surface area (Å²) in [6, 6.07) is 2.04. The van der Waals surface area contributed by atoms with E-state index in [2.05, 4.69) is 0 Å². The Morgan fingerprint density at radius 1 is 1.80 bits per heavy atom. The standard InChI is InChI=1S/C7H8N2O/c1-10-9-4-2-7(6-8)3-5-9/h2-4H,5H2,1H3. The van der Waals surface area contributed by atoms with Crippen LogP contribution in [0, 0.1) is 11.3 Å². The second kappa shape index (κ2) is 3.04. The molecule has 3 heteroatoms. The Balaban J connectivity index is 2.57. The zero-order valence-corrected chi connectivity index (χ0v) is 5.74. The fourth-order valence-corrected chi connectivity index (χ4v) is 0.699. The van der Waals surface area contributed by atoms with Crippen molar-refractivity contribution in [3.63, 3.8) is 0 Å². The molecule has 0 aromatic carbocycles. The zero-order valence-electron chi connectivity index (χ0n) is 5.74. The number of hydrogen-bond acceptors (Lipinski definition) is 3. The molecule has 0 unspecified atom stereocenters. The molecule has 0 amide bonds. The van der Waals surface area contributed by atoms with Crippen molar-refractivity contribution in [2.24, 2.45) is 0 Å². The van der Waals surface area contributed by atoms with Crippen molar-refractivity contribution < 1.29 is 4.84 Å². The molecule has 1 aliphatic rings. The van der Waals surface area contributed by atoms with E-state index in [0.717, 1.165) is 0 Å². The number of hydroxylamine groups is 2. The molecule has 0 saturated carbocycles. The largest absolute Gasteiger partial charge is 0.277 e. The molecule has 1 rings (SSSR count). The van der Waals surface area contributed by atoms with Crippen LogP contribution in [-0.2, 0) is 4.84 Å². The van der Waals surface area contributed by atoms with Crippen LogP contribution >= 0.6 is 0 Å². The van der Waals surface area contributed by atoms with Gasteiger partial charge in [-0.05, 0) is 12.2 Å². The highest BCUT2D eigenvalue weighted by Crippen LogP contribution is 2.04. The van der Waals surface area contributed by atoms with E-state index >= 15 is 0 Å². The number of rotatable bonds is 1. The van der Waals surface area contributed by atoms with Gasteiger partial charge >= 0.3 is 0 Å². The minimum atomic E-state index is 0.649. The van der Waals surface area contributed by atoms with E-state index in [9.17, 15) is 0 Å². The van der Waals surface area contributed by atoms with Crippen molar-refractivity contribution in [1.29, 1.82) is 5.26 Å². The molecule has 1 aliphatic heterocycles. The third kappa shape index (κ3) is 1.36. The Hall–Kier alpha value is -1.27. The summed E-state index contributed by atoms with van der Waals surface area (Å²) in [5.41, 5.74) is 0.688. The minimum Gasteiger partial charge on any atom is -0.277 e. The van der Waals surface area contributed by atoms with Crippen molar-refractivity contribution in [3.05, 3.63) is 23.9 Å². The van der Waals surface area contributed by atoms with Crippen LogP contribution in [0.25, 0.3) is 0 Å². The highest BCUT2D eigenvalue weighted by Gasteiger charge is 2.00. The van der Waals surface area contributed by atoms with Crippen LogP contribution in [0.1, 0.15) is 0 Å². The maximum absolute atomic E-state index is 8.42. The van der Waals surface area contributed by atoms with E-state index in [1.165, 1.54) is 0 Å². The van der Waals surface area contributed by atoms with Gasteiger partial charge in [0, 0.05) is 6.20 Å². The first kappa shape index (κ1) is 6.84. The lowest BCUT2D eigenvalue weighted by Gasteiger charge is -2.17. The number of nitriles is 1. The quantitative estimate of drug-likeness (QED) is 0.535. The van der Waals surface area contributed by atoms with Crippen LogP contribution in [0.3, 0.4) is 0 Å². The first-order chi connectivity index (χ1) is 4.86. The van der Waals surface area contributed by atoms with Crippen LogP contribution in [0.15, 0.2) is 23.9 Å². The number of nitrogens with zero attached hydrogens (tertiary/aromatic N) is 2. The van der Waals surface area contributed by atoms with Gasteiger partial charge in [0.25, 0.3) is 0 Å². The number of hydrogen-bond donors (Lipinski definition) is 0. The van der Waals surface area contributed by atoms with E-state index in [-0.39, 0.29) is 0 Å². The first-order valence-corrected chi connectivity index (χ1v) is 2.96. The van der Waals surface area contributed by atoms with Crippen molar-refractivity contribution in [2.45, 2.75) is 0 Å². The molecule has 0 spiro atoms. The molecule has 0 aromatic rings. The van der Waals surface area contributed by atoms with E-state index < -0.39 is 0 Å². The molecular weight excluding hydrogens is 128 g/mol. The third-order valence-corrected chi connectivity index (χ3v) is 1.28. The van der Waals surface area contributed by atoms with Crippen molar-refractivity contribution in [3.8, 4) is 6.07 Å². The van der Waals surface area contributed by atoms with Crippen molar-refractivity contribution >= 4 is 0 Å². The smallest absolute Gasteiger partial charge is 0.0989 e. The van der Waals surface area contributed by atoms with Crippen molar-refractivity contribution in [1.82, 2.24) is 5.06 Å². The summed E-state index contributed by atoms with van der Waals surface area (Å²) in [6.07, 6.45) is 5.26. The predicted molar refractivity (Wildman–Crippen MR) is 36.6 cm³/mol. The van der Waals surface area contributed by atoms with Gasteiger partial charge in [-0.1, -0.05) is 0 Å². The number of allylic oxidation sites excluding steroid dienone is 2. The summed E-state index contributed by atoms with van der Waals surface area (Å²) < 4.78 is 0. The topological polar surface area (TPSA) is 36.3 Å². The van der Waals surface area contributed by atoms with Gasteiger partial charge in [-0.15, -0.1) is 0 Å². The van der Waals surface area contributed by atoms with Crippen LogP contribution in [0.4, 0.5) is 0 Å².